The van der Waals surface area contributed by atoms with Gasteiger partial charge in [0.25, 0.3) is 11.8 Å². The standard InChI is InChI=1S/C29H26N2O2/c1-31(28(32)19-18-24-14-9-13-23-12-5-6-15-25(23)24)27-17-8-7-16-26(27)29(33)30-21-20-22-10-3-2-4-11-22/h2-19H,20-21H2,1H3,(H,30,33). The van der Waals surface area contributed by atoms with Gasteiger partial charge in [0, 0.05) is 19.7 Å². The second-order valence-corrected chi connectivity index (χ2v) is 7.81. The van der Waals surface area contributed by atoms with E-state index < -0.39 is 0 Å². The maximum Gasteiger partial charge on any atom is 0.253 e. The summed E-state index contributed by atoms with van der Waals surface area (Å²) in [5.74, 6) is -0.397. The second kappa shape index (κ2) is 10.4. The number of hydrogen-bond donors (Lipinski definition) is 1. The Bertz CT molecular complexity index is 1290. The smallest absolute Gasteiger partial charge is 0.253 e. The van der Waals surface area contributed by atoms with E-state index in [0.717, 1.165) is 28.3 Å². The van der Waals surface area contributed by atoms with Gasteiger partial charge in [-0.2, -0.15) is 0 Å². The molecule has 164 valence electrons. The summed E-state index contributed by atoms with van der Waals surface area (Å²) in [5.41, 5.74) is 3.18. The fourth-order valence-electron chi connectivity index (χ4n) is 3.81. The molecule has 33 heavy (non-hydrogen) atoms. The molecule has 0 aliphatic rings. The van der Waals surface area contributed by atoms with Crippen molar-refractivity contribution >= 4 is 34.4 Å². The average molecular weight is 435 g/mol. The minimum atomic E-state index is -0.201. The monoisotopic (exact) mass is 434 g/mol. The second-order valence-electron chi connectivity index (χ2n) is 7.81. The maximum atomic E-state index is 12.9. The number of nitrogens with zero attached hydrogens (tertiary/aromatic N) is 1. The van der Waals surface area contributed by atoms with Gasteiger partial charge < -0.3 is 10.2 Å². The van der Waals surface area contributed by atoms with Gasteiger partial charge in [0.1, 0.15) is 0 Å². The summed E-state index contributed by atoms with van der Waals surface area (Å²) >= 11 is 0. The molecule has 1 N–H and O–H groups in total. The number of carbonyl (C=O) groups is 2. The highest BCUT2D eigenvalue weighted by atomic mass is 16.2. The Balaban J connectivity index is 1.46. The number of para-hydroxylation sites is 1. The molecule has 0 bridgehead atoms. The van der Waals surface area contributed by atoms with Crippen molar-refractivity contribution in [2.45, 2.75) is 6.42 Å². The number of fused-ring (bicyclic) bond motifs is 1. The van der Waals surface area contributed by atoms with Crippen molar-refractivity contribution in [1.82, 2.24) is 5.32 Å². The van der Waals surface area contributed by atoms with Gasteiger partial charge >= 0.3 is 0 Å². The Morgan fingerprint density at radius 3 is 2.36 bits per heavy atom. The quantitative estimate of drug-likeness (QED) is 0.391. The van der Waals surface area contributed by atoms with Crippen molar-refractivity contribution in [3.8, 4) is 0 Å². The topological polar surface area (TPSA) is 49.4 Å². The van der Waals surface area contributed by atoms with Crippen LogP contribution in [0.4, 0.5) is 5.69 Å². The van der Waals surface area contributed by atoms with E-state index in [4.69, 9.17) is 0 Å². The lowest BCUT2D eigenvalue weighted by Gasteiger charge is -2.19. The fraction of sp³-hybridized carbons (Fsp3) is 0.103. The lowest BCUT2D eigenvalue weighted by molar-refractivity contribution is -0.113. The molecule has 0 unspecified atom stereocenters. The van der Waals surface area contributed by atoms with Gasteiger partial charge in [-0.3, -0.25) is 9.59 Å². The molecule has 0 heterocycles. The third-order valence-electron chi connectivity index (χ3n) is 5.61. The first kappa shape index (κ1) is 22.0. The third-order valence-corrected chi connectivity index (χ3v) is 5.61. The summed E-state index contributed by atoms with van der Waals surface area (Å²) in [4.78, 5) is 27.3. The predicted molar refractivity (Wildman–Crippen MR) is 135 cm³/mol. The number of amides is 2. The van der Waals surface area contributed by atoms with Crippen LogP contribution in [-0.2, 0) is 11.2 Å². The lowest BCUT2D eigenvalue weighted by Crippen LogP contribution is -2.30. The summed E-state index contributed by atoms with van der Waals surface area (Å²) in [6, 6.07) is 31.3. The van der Waals surface area contributed by atoms with E-state index in [1.807, 2.05) is 84.9 Å². The van der Waals surface area contributed by atoms with Crippen LogP contribution in [0.3, 0.4) is 0 Å². The van der Waals surface area contributed by atoms with Crippen molar-refractivity contribution in [3.05, 3.63) is 120 Å². The maximum absolute atomic E-state index is 12.9. The highest BCUT2D eigenvalue weighted by Gasteiger charge is 2.17. The van der Waals surface area contributed by atoms with E-state index in [1.165, 1.54) is 4.90 Å². The molecule has 4 heteroatoms. The number of nitrogens with one attached hydrogen (secondary N) is 1. The zero-order chi connectivity index (χ0) is 23.0. The molecule has 0 aliphatic heterocycles. The van der Waals surface area contributed by atoms with Gasteiger partial charge in [-0.05, 0) is 46.5 Å². The molecule has 4 aromatic carbocycles. The summed E-state index contributed by atoms with van der Waals surface area (Å²) in [7, 11) is 1.69. The Labute approximate surface area is 194 Å². The zero-order valence-electron chi connectivity index (χ0n) is 18.6. The van der Waals surface area contributed by atoms with Gasteiger partial charge in [0.15, 0.2) is 0 Å². The largest absolute Gasteiger partial charge is 0.352 e. The van der Waals surface area contributed by atoms with Crippen LogP contribution in [0.2, 0.25) is 0 Å². The minimum Gasteiger partial charge on any atom is -0.352 e. The predicted octanol–water partition coefficient (Wildman–Crippen LogP) is 5.49. The average Bonchev–Trinajstić information content (AvgIpc) is 2.87. The first-order chi connectivity index (χ1) is 16.1. The van der Waals surface area contributed by atoms with Gasteiger partial charge in [-0.25, -0.2) is 0 Å². The zero-order valence-corrected chi connectivity index (χ0v) is 18.6. The van der Waals surface area contributed by atoms with E-state index >= 15 is 0 Å². The van der Waals surface area contributed by atoms with Crippen LogP contribution >= 0.6 is 0 Å². The number of benzene rings is 4. The Morgan fingerprint density at radius 2 is 1.52 bits per heavy atom. The number of anilines is 1. The molecule has 0 aromatic heterocycles. The van der Waals surface area contributed by atoms with Crippen LogP contribution in [0.25, 0.3) is 16.8 Å². The number of hydrogen-bond acceptors (Lipinski definition) is 2. The van der Waals surface area contributed by atoms with Crippen molar-refractivity contribution < 1.29 is 9.59 Å². The Hall–Kier alpha value is -4.18. The summed E-state index contributed by atoms with van der Waals surface area (Å²) in [6.07, 6.45) is 4.12. The summed E-state index contributed by atoms with van der Waals surface area (Å²) in [5, 5.41) is 5.18. The number of likely N-dealkylation sites (N-methyl/N-ethyl adjacent to an activating group) is 1. The van der Waals surface area contributed by atoms with Crippen LogP contribution in [0.5, 0.6) is 0 Å². The first-order valence-corrected chi connectivity index (χ1v) is 11.0. The van der Waals surface area contributed by atoms with Gasteiger partial charge in [0.2, 0.25) is 0 Å². The lowest BCUT2D eigenvalue weighted by atomic mass is 10.0. The van der Waals surface area contributed by atoms with Crippen LogP contribution in [0, 0.1) is 0 Å². The van der Waals surface area contributed by atoms with Crippen LogP contribution in [-0.4, -0.2) is 25.4 Å². The van der Waals surface area contributed by atoms with Crippen molar-refractivity contribution in [2.24, 2.45) is 0 Å². The molecule has 2 amide bonds. The molecular weight excluding hydrogens is 408 g/mol. The third kappa shape index (κ3) is 5.36. The van der Waals surface area contributed by atoms with Gasteiger partial charge in [-0.1, -0.05) is 84.9 Å². The molecule has 4 nitrogen and oxygen atoms in total. The molecular formula is C29H26N2O2. The molecule has 0 atom stereocenters. The van der Waals surface area contributed by atoms with Gasteiger partial charge in [-0.15, -0.1) is 0 Å². The molecule has 0 saturated carbocycles. The minimum absolute atomic E-state index is 0.195. The summed E-state index contributed by atoms with van der Waals surface area (Å²) in [6.45, 7) is 0.524. The molecule has 4 aromatic rings. The van der Waals surface area contributed by atoms with Crippen LogP contribution < -0.4 is 10.2 Å². The molecule has 0 radical (unpaired) electrons. The van der Waals surface area contributed by atoms with E-state index in [1.54, 1.807) is 31.3 Å². The van der Waals surface area contributed by atoms with E-state index in [-0.39, 0.29) is 11.8 Å². The van der Waals surface area contributed by atoms with Crippen molar-refractivity contribution in [1.29, 1.82) is 0 Å². The molecule has 0 saturated heterocycles. The highest BCUT2D eigenvalue weighted by molar-refractivity contribution is 6.09. The number of carbonyl (C=O) groups excluding carboxylic acids is 2. The van der Waals surface area contributed by atoms with E-state index in [2.05, 4.69) is 5.32 Å². The van der Waals surface area contributed by atoms with Crippen molar-refractivity contribution in [3.63, 3.8) is 0 Å². The highest BCUT2D eigenvalue weighted by Crippen LogP contribution is 2.22. The van der Waals surface area contributed by atoms with E-state index in [9.17, 15) is 9.59 Å². The van der Waals surface area contributed by atoms with Crippen molar-refractivity contribution in [2.75, 3.05) is 18.5 Å². The van der Waals surface area contributed by atoms with Crippen LogP contribution in [0.15, 0.2) is 103 Å². The Morgan fingerprint density at radius 1 is 0.818 bits per heavy atom. The normalized spacial score (nSPS) is 10.9. The fourth-order valence-corrected chi connectivity index (χ4v) is 3.81. The van der Waals surface area contributed by atoms with E-state index in [0.29, 0.717) is 17.8 Å². The van der Waals surface area contributed by atoms with Gasteiger partial charge in [0.05, 0.1) is 11.3 Å². The SMILES string of the molecule is CN(C(=O)C=Cc1cccc2ccccc12)c1ccccc1C(=O)NCCc1ccccc1. The molecule has 0 fully saturated rings. The summed E-state index contributed by atoms with van der Waals surface area (Å²) < 4.78 is 0. The molecule has 4 rings (SSSR count). The first-order valence-electron chi connectivity index (χ1n) is 11.0. The molecule has 0 spiro atoms. The van der Waals surface area contributed by atoms with Crippen LogP contribution in [0.1, 0.15) is 21.5 Å². The Kier molecular flexibility index (Phi) is 6.96. The molecule has 0 aliphatic carbocycles. The number of rotatable bonds is 7.